The zero-order valence-electron chi connectivity index (χ0n) is 34.3. The van der Waals surface area contributed by atoms with Crippen LogP contribution in [-0.4, -0.2) is 30.1 Å². The van der Waals surface area contributed by atoms with Crippen molar-refractivity contribution >= 4 is 147 Å². The van der Waals surface area contributed by atoms with Crippen LogP contribution in [0.5, 0.6) is 23.0 Å². The summed E-state index contributed by atoms with van der Waals surface area (Å²) in [5, 5.41) is 7.03. The molecule has 0 atom stereocenters. The van der Waals surface area contributed by atoms with Gasteiger partial charge < -0.3 is 19.3 Å². The molecule has 0 radical (unpaired) electrons. The number of pyridine rings is 2. The van der Waals surface area contributed by atoms with Gasteiger partial charge in [0.1, 0.15) is 23.0 Å². The van der Waals surface area contributed by atoms with Crippen molar-refractivity contribution in [2.75, 3.05) is 9.80 Å². The van der Waals surface area contributed by atoms with E-state index in [2.05, 4.69) is 161 Å². The lowest BCUT2D eigenvalue weighted by Gasteiger charge is -2.54. The van der Waals surface area contributed by atoms with Gasteiger partial charge in [0.25, 0.3) is 20.1 Å². The normalized spacial score (nSPS) is 15.2. The van der Waals surface area contributed by atoms with E-state index < -0.39 is 0 Å². The molecule has 290 valence electrons. The second-order valence-electron chi connectivity index (χ2n) is 19.0. The number of hydrogen-bond donors (Lipinski definition) is 0. The van der Waals surface area contributed by atoms with Crippen LogP contribution in [0, 0.1) is 0 Å². The van der Waals surface area contributed by atoms with Crippen molar-refractivity contribution < 1.29 is 9.47 Å². The summed E-state index contributed by atoms with van der Waals surface area (Å²) in [6.45, 7) is -0.193. The molecule has 0 spiro atoms. The van der Waals surface area contributed by atoms with Crippen molar-refractivity contribution in [1.29, 1.82) is 0 Å². The molecule has 9 aromatic carbocycles. The highest BCUT2D eigenvalue weighted by atomic mass is 16.5. The highest BCUT2D eigenvalue weighted by Crippen LogP contribution is 2.59. The SMILES string of the molecule is c1ccc2c(c1)Oc1cc3c4c(nc5ccccc53)-c3cccc5c3N3c6c(cc7c8c6B5c5cccc6c5N8c5c8c(cc9c5c-6nc5ccccc59)Oc5ccccc5B78)B2c1c43. The van der Waals surface area contributed by atoms with Crippen LogP contribution >= 0.6 is 0 Å². The summed E-state index contributed by atoms with van der Waals surface area (Å²) >= 11 is 0. The van der Waals surface area contributed by atoms with E-state index in [1.54, 1.807) is 0 Å². The zero-order chi connectivity index (χ0) is 41.3. The van der Waals surface area contributed by atoms with E-state index in [-0.39, 0.29) is 20.1 Å². The first kappa shape index (κ1) is 31.5. The van der Waals surface area contributed by atoms with Gasteiger partial charge in [-0.3, -0.25) is 0 Å². The van der Waals surface area contributed by atoms with Gasteiger partial charge in [0.05, 0.1) is 45.2 Å². The van der Waals surface area contributed by atoms with E-state index >= 15 is 0 Å². The third-order valence-corrected chi connectivity index (χ3v) is 16.3. The van der Waals surface area contributed by atoms with Crippen molar-refractivity contribution in [3.63, 3.8) is 0 Å². The van der Waals surface area contributed by atoms with Crippen LogP contribution in [0.4, 0.5) is 34.1 Å². The first-order chi connectivity index (χ1) is 32.3. The molecule has 0 unspecified atom stereocenters. The number of hydrogen-bond acceptors (Lipinski definition) is 6. The molecule has 0 bridgehead atoms. The molecule has 8 aliphatic rings. The lowest BCUT2D eigenvalue weighted by molar-refractivity contribution is 0.488. The number of ether oxygens (including phenoxy) is 2. The van der Waals surface area contributed by atoms with Crippen molar-refractivity contribution in [3.05, 3.63) is 152 Å². The third kappa shape index (κ3) is 3.21. The van der Waals surface area contributed by atoms with E-state index in [1.165, 1.54) is 116 Å². The largest absolute Gasteiger partial charge is 0.458 e. The number of rotatable bonds is 0. The fourth-order valence-corrected chi connectivity index (χ4v) is 14.1. The highest BCUT2D eigenvalue weighted by molar-refractivity contribution is 7.07. The summed E-state index contributed by atoms with van der Waals surface area (Å²) in [6.07, 6.45) is 0. The number of nitrogens with zero attached hydrogens (tertiary/aromatic N) is 4. The van der Waals surface area contributed by atoms with Gasteiger partial charge in [-0.2, -0.15) is 0 Å². The van der Waals surface area contributed by atoms with E-state index in [9.17, 15) is 0 Å². The van der Waals surface area contributed by atoms with Gasteiger partial charge in [-0.15, -0.1) is 0 Å². The maximum atomic E-state index is 7.11. The van der Waals surface area contributed by atoms with Gasteiger partial charge in [-0.25, -0.2) is 9.97 Å². The van der Waals surface area contributed by atoms with Gasteiger partial charge in [-0.1, -0.05) is 115 Å². The van der Waals surface area contributed by atoms with Gasteiger partial charge in [0.15, 0.2) is 0 Å². The standard InChI is InChI=1S/C56H25B3N4O2/c1-5-19-38-26(11-1)30-23-42-46-55-44(30)49(60-38)28-13-9-17-34-51(28)62(55)53-36(57(46)32-15-3-7-21-40(32)64-42)25-37-54-48(53)59(34)35-18-10-14-29-50-45-31(27-12-2-6-20-39(27)61-50)24-43-47(56(45)63(54)52(29)35)58(37)33-16-4-8-22-41(33)65-43/h1-25H. The minimum atomic E-state index is -0.0715. The lowest BCUT2D eigenvalue weighted by Crippen LogP contribution is -2.72. The molecule has 8 aliphatic heterocycles. The quantitative estimate of drug-likeness (QED) is 0.122. The van der Waals surface area contributed by atoms with Gasteiger partial charge >= 0.3 is 0 Å². The minimum Gasteiger partial charge on any atom is -0.458 e. The van der Waals surface area contributed by atoms with Crippen LogP contribution in [0.1, 0.15) is 0 Å². The van der Waals surface area contributed by atoms with Gasteiger partial charge in [0.2, 0.25) is 0 Å². The summed E-state index contributed by atoms with van der Waals surface area (Å²) in [5.74, 6) is 3.68. The molecule has 9 heteroatoms. The van der Waals surface area contributed by atoms with Crippen LogP contribution in [0.2, 0.25) is 0 Å². The van der Waals surface area contributed by atoms with Gasteiger partial charge in [0, 0.05) is 44.0 Å². The highest BCUT2D eigenvalue weighted by Gasteiger charge is 2.57. The maximum Gasteiger partial charge on any atom is 0.256 e. The monoisotopic (exact) mass is 818 g/mol. The number of aromatic nitrogens is 2. The molecule has 65 heavy (non-hydrogen) atoms. The van der Waals surface area contributed by atoms with E-state index in [1.807, 2.05) is 0 Å². The molecule has 6 nitrogen and oxygen atoms in total. The van der Waals surface area contributed by atoms with E-state index in [0.717, 1.165) is 56.2 Å². The molecule has 2 aromatic heterocycles. The third-order valence-electron chi connectivity index (χ3n) is 16.3. The zero-order valence-corrected chi connectivity index (χ0v) is 34.3. The van der Waals surface area contributed by atoms with E-state index in [0.29, 0.717) is 0 Å². The molecular formula is C56H25B3N4O2. The van der Waals surface area contributed by atoms with Crippen LogP contribution in [0.25, 0.3) is 65.9 Å². The first-order valence-corrected chi connectivity index (χ1v) is 22.7. The number of benzene rings is 9. The average Bonchev–Trinajstić information content (AvgIpc) is 3.35. The lowest BCUT2D eigenvalue weighted by atomic mass is 9.25. The van der Waals surface area contributed by atoms with Crippen LogP contribution in [-0.2, 0) is 0 Å². The van der Waals surface area contributed by atoms with E-state index in [4.69, 9.17) is 19.4 Å². The smallest absolute Gasteiger partial charge is 0.256 e. The summed E-state index contributed by atoms with van der Waals surface area (Å²) in [4.78, 5) is 16.5. The Labute approximate surface area is 371 Å². The number of para-hydroxylation sites is 6. The number of fused-ring (bicyclic) bond motifs is 14. The maximum absolute atomic E-state index is 7.11. The summed E-state index contributed by atoms with van der Waals surface area (Å²) < 4.78 is 14.2. The Bertz CT molecular complexity index is 4050. The predicted molar refractivity (Wildman–Crippen MR) is 266 cm³/mol. The Hall–Kier alpha value is -8.29. The molecule has 0 saturated carbocycles. The second kappa shape index (κ2) is 10.1. The van der Waals surface area contributed by atoms with Crippen molar-refractivity contribution in [3.8, 4) is 45.5 Å². The topological polar surface area (TPSA) is 50.7 Å². The predicted octanol–water partition coefficient (Wildman–Crippen LogP) is 7.00. The molecule has 19 rings (SSSR count). The molecule has 0 fully saturated rings. The Morgan fingerprint density at radius 2 is 0.785 bits per heavy atom. The average molecular weight is 818 g/mol. The first-order valence-electron chi connectivity index (χ1n) is 22.7. The Balaban J connectivity index is 1.07. The molecule has 0 N–H and O–H groups in total. The summed E-state index contributed by atoms with van der Waals surface area (Å²) in [6, 6.07) is 56.0. The fraction of sp³-hybridized carbons (Fsp3) is 0. The Morgan fingerprint density at radius 1 is 0.338 bits per heavy atom. The summed E-state index contributed by atoms with van der Waals surface area (Å²) in [7, 11) is 0. The fourth-order valence-electron chi connectivity index (χ4n) is 14.1. The van der Waals surface area contributed by atoms with Crippen molar-refractivity contribution in [2.45, 2.75) is 0 Å². The summed E-state index contributed by atoms with van der Waals surface area (Å²) in [5.41, 5.74) is 25.4. The Kier molecular flexibility index (Phi) is 4.88. The minimum absolute atomic E-state index is 0.0503. The van der Waals surface area contributed by atoms with Crippen LogP contribution in [0.3, 0.4) is 0 Å². The molecule has 0 amide bonds. The van der Waals surface area contributed by atoms with Crippen molar-refractivity contribution in [2.24, 2.45) is 0 Å². The molecular weight excluding hydrogens is 793 g/mol. The molecule has 0 aliphatic carbocycles. The molecule has 10 heterocycles. The van der Waals surface area contributed by atoms with Crippen LogP contribution < -0.4 is 68.4 Å². The second-order valence-corrected chi connectivity index (χ2v) is 19.0. The Morgan fingerprint density at radius 3 is 1.31 bits per heavy atom. The number of anilines is 6. The molecule has 11 aromatic rings. The van der Waals surface area contributed by atoms with Crippen LogP contribution in [0.15, 0.2) is 152 Å². The molecule has 0 saturated heterocycles. The van der Waals surface area contributed by atoms with Crippen molar-refractivity contribution in [1.82, 2.24) is 9.97 Å². The van der Waals surface area contributed by atoms with Gasteiger partial charge in [-0.05, 0) is 96.3 Å².